The van der Waals surface area contributed by atoms with E-state index in [1.807, 2.05) is 23.1 Å². The summed E-state index contributed by atoms with van der Waals surface area (Å²) in [6.07, 6.45) is 0. The van der Waals surface area contributed by atoms with E-state index >= 15 is 0 Å². The minimum atomic E-state index is -0.563. The van der Waals surface area contributed by atoms with Crippen LogP contribution in [0.25, 0.3) is 11.3 Å². The number of carbonyl (C=O) groups excluding carboxylic acids is 3. The lowest BCUT2D eigenvalue weighted by atomic mass is 10.1. The highest BCUT2D eigenvalue weighted by Crippen LogP contribution is 2.31. The molecule has 2 amide bonds. The number of esters is 1. The number of furan rings is 1. The SMILES string of the molecule is CCOC(=O)c1ccc(N2CCN(C(=O)c3ccccc3)CC2)c(NC(=O)c2ccc(-c3cccc([N+](=O)[O-])c3)o2)c1. The molecule has 5 rings (SSSR count). The lowest BCUT2D eigenvalue weighted by Gasteiger charge is -2.37. The summed E-state index contributed by atoms with van der Waals surface area (Å²) < 4.78 is 10.9. The van der Waals surface area contributed by atoms with Gasteiger partial charge in [0.15, 0.2) is 5.76 Å². The molecule has 42 heavy (non-hydrogen) atoms. The molecule has 11 heteroatoms. The van der Waals surface area contributed by atoms with Gasteiger partial charge >= 0.3 is 5.97 Å². The van der Waals surface area contributed by atoms with Crippen LogP contribution < -0.4 is 10.2 Å². The zero-order valence-corrected chi connectivity index (χ0v) is 22.8. The van der Waals surface area contributed by atoms with Crippen LogP contribution in [0.5, 0.6) is 0 Å². The van der Waals surface area contributed by atoms with Crippen LogP contribution in [0, 0.1) is 10.1 Å². The summed E-state index contributed by atoms with van der Waals surface area (Å²) in [7, 11) is 0. The number of hydrogen-bond acceptors (Lipinski definition) is 8. The van der Waals surface area contributed by atoms with Crippen molar-refractivity contribution in [1.29, 1.82) is 0 Å². The molecule has 0 aliphatic carbocycles. The normalized spacial score (nSPS) is 13.0. The lowest BCUT2D eigenvalue weighted by molar-refractivity contribution is -0.384. The largest absolute Gasteiger partial charge is 0.462 e. The first-order chi connectivity index (χ1) is 20.3. The molecule has 0 unspecified atom stereocenters. The van der Waals surface area contributed by atoms with Gasteiger partial charge in [0.2, 0.25) is 0 Å². The Morgan fingerprint density at radius 3 is 2.38 bits per heavy atom. The van der Waals surface area contributed by atoms with Gasteiger partial charge in [0.05, 0.1) is 28.5 Å². The van der Waals surface area contributed by atoms with Crippen molar-refractivity contribution in [3.8, 4) is 11.3 Å². The number of nitrogens with zero attached hydrogens (tertiary/aromatic N) is 3. The second-order valence-corrected chi connectivity index (χ2v) is 9.52. The van der Waals surface area contributed by atoms with Crippen LogP contribution in [0.15, 0.2) is 89.3 Å². The molecule has 1 aromatic heterocycles. The lowest BCUT2D eigenvalue weighted by Crippen LogP contribution is -2.49. The van der Waals surface area contributed by atoms with E-state index in [0.29, 0.717) is 54.4 Å². The monoisotopic (exact) mass is 568 g/mol. The fraction of sp³-hybridized carbons (Fsp3) is 0.194. The van der Waals surface area contributed by atoms with Crippen molar-refractivity contribution in [3.63, 3.8) is 0 Å². The number of amides is 2. The molecule has 1 aliphatic rings. The Labute approximate surface area is 241 Å². The van der Waals surface area contributed by atoms with Crippen molar-refractivity contribution in [1.82, 2.24) is 4.90 Å². The molecule has 1 aliphatic heterocycles. The van der Waals surface area contributed by atoms with Crippen molar-refractivity contribution >= 4 is 34.8 Å². The number of non-ortho nitro benzene ring substituents is 1. The van der Waals surface area contributed by atoms with E-state index in [4.69, 9.17) is 9.15 Å². The Bertz CT molecular complexity index is 1630. The molecule has 214 valence electrons. The van der Waals surface area contributed by atoms with Crippen molar-refractivity contribution in [2.75, 3.05) is 43.0 Å². The predicted molar refractivity (Wildman–Crippen MR) is 156 cm³/mol. The van der Waals surface area contributed by atoms with E-state index < -0.39 is 16.8 Å². The van der Waals surface area contributed by atoms with Gasteiger partial charge in [-0.15, -0.1) is 0 Å². The third kappa shape index (κ3) is 6.15. The van der Waals surface area contributed by atoms with Crippen molar-refractivity contribution in [3.05, 3.63) is 112 Å². The van der Waals surface area contributed by atoms with Gasteiger partial charge in [0.1, 0.15) is 5.76 Å². The van der Waals surface area contributed by atoms with E-state index in [9.17, 15) is 24.5 Å². The zero-order valence-electron chi connectivity index (χ0n) is 22.8. The molecular formula is C31H28N4O7. The number of nitro benzene ring substituents is 1. The maximum absolute atomic E-state index is 13.3. The molecule has 1 fully saturated rings. The van der Waals surface area contributed by atoms with Crippen LogP contribution in [0.4, 0.5) is 17.1 Å². The fourth-order valence-electron chi connectivity index (χ4n) is 4.74. The fourth-order valence-corrected chi connectivity index (χ4v) is 4.74. The van der Waals surface area contributed by atoms with Gasteiger partial charge in [-0.25, -0.2) is 4.79 Å². The molecule has 0 radical (unpaired) electrons. The summed E-state index contributed by atoms with van der Waals surface area (Å²) >= 11 is 0. The summed E-state index contributed by atoms with van der Waals surface area (Å²) in [5, 5.41) is 14.0. The molecule has 3 aromatic carbocycles. The smallest absolute Gasteiger partial charge is 0.338 e. The molecule has 4 aromatic rings. The highest BCUT2D eigenvalue weighted by Gasteiger charge is 2.25. The summed E-state index contributed by atoms with van der Waals surface area (Å²) in [6.45, 7) is 3.89. The van der Waals surface area contributed by atoms with Crippen LogP contribution in [-0.4, -0.2) is 60.4 Å². The minimum absolute atomic E-state index is 0.0118. The first-order valence-electron chi connectivity index (χ1n) is 13.4. The van der Waals surface area contributed by atoms with Gasteiger partial charge in [-0.2, -0.15) is 0 Å². The summed E-state index contributed by atoms with van der Waals surface area (Å²) in [4.78, 5) is 53.1. The van der Waals surface area contributed by atoms with Gasteiger partial charge in [-0.05, 0) is 49.4 Å². The van der Waals surface area contributed by atoms with Crippen molar-refractivity contribution in [2.45, 2.75) is 6.92 Å². The number of anilines is 2. The molecule has 0 spiro atoms. The van der Waals surface area contributed by atoms with Crippen LogP contribution in [0.1, 0.15) is 38.2 Å². The first-order valence-corrected chi connectivity index (χ1v) is 13.4. The Hall–Kier alpha value is -5.45. The number of nitrogens with one attached hydrogen (secondary N) is 1. The highest BCUT2D eigenvalue weighted by molar-refractivity contribution is 6.05. The zero-order chi connectivity index (χ0) is 29.6. The minimum Gasteiger partial charge on any atom is -0.462 e. The molecule has 0 saturated carbocycles. The van der Waals surface area contributed by atoms with E-state index in [0.717, 1.165) is 0 Å². The average molecular weight is 569 g/mol. The number of rotatable bonds is 8. The Kier molecular flexibility index (Phi) is 8.28. The number of ether oxygens (including phenoxy) is 1. The van der Waals surface area contributed by atoms with E-state index in [2.05, 4.69) is 5.32 Å². The molecule has 2 heterocycles. The van der Waals surface area contributed by atoms with Gasteiger partial charge in [0.25, 0.3) is 17.5 Å². The average Bonchev–Trinajstić information content (AvgIpc) is 3.52. The van der Waals surface area contributed by atoms with Gasteiger partial charge in [0, 0.05) is 49.4 Å². The maximum Gasteiger partial charge on any atom is 0.338 e. The molecule has 11 nitrogen and oxygen atoms in total. The number of nitro groups is 1. The third-order valence-electron chi connectivity index (χ3n) is 6.86. The second kappa shape index (κ2) is 12.4. The highest BCUT2D eigenvalue weighted by atomic mass is 16.6. The standard InChI is InChI=1S/C31H28N4O7/c1-2-41-31(38)23-11-12-26(33-15-17-34(18-16-33)30(37)21-7-4-3-5-8-21)25(20-23)32-29(36)28-14-13-27(42-28)22-9-6-10-24(19-22)35(39)40/h3-14,19-20H,2,15-18H2,1H3,(H,32,36). The van der Waals surface area contributed by atoms with Crippen LogP contribution >= 0.6 is 0 Å². The van der Waals surface area contributed by atoms with Crippen molar-refractivity contribution in [2.24, 2.45) is 0 Å². The number of hydrogen-bond donors (Lipinski definition) is 1. The Balaban J connectivity index is 1.36. The molecular weight excluding hydrogens is 540 g/mol. The predicted octanol–water partition coefficient (Wildman–Crippen LogP) is 5.25. The molecule has 0 bridgehead atoms. The van der Waals surface area contributed by atoms with Crippen LogP contribution in [0.3, 0.4) is 0 Å². The molecule has 0 atom stereocenters. The van der Waals surface area contributed by atoms with Crippen molar-refractivity contribution < 1.29 is 28.5 Å². The van der Waals surface area contributed by atoms with E-state index in [1.54, 1.807) is 54.3 Å². The van der Waals surface area contributed by atoms with Crippen LogP contribution in [-0.2, 0) is 4.74 Å². The summed E-state index contributed by atoms with van der Waals surface area (Å²) in [5.74, 6) is -0.847. The number of piperazine rings is 1. The summed E-state index contributed by atoms with van der Waals surface area (Å²) in [6, 6.07) is 23.0. The Morgan fingerprint density at radius 1 is 0.905 bits per heavy atom. The van der Waals surface area contributed by atoms with Gasteiger partial charge < -0.3 is 24.3 Å². The number of benzene rings is 3. The van der Waals surface area contributed by atoms with Gasteiger partial charge in [-0.1, -0.05) is 30.3 Å². The van der Waals surface area contributed by atoms with Crippen LogP contribution in [0.2, 0.25) is 0 Å². The maximum atomic E-state index is 13.3. The Morgan fingerprint density at radius 2 is 1.67 bits per heavy atom. The molecule has 1 saturated heterocycles. The second-order valence-electron chi connectivity index (χ2n) is 9.52. The van der Waals surface area contributed by atoms with E-state index in [-0.39, 0.29) is 29.5 Å². The quantitative estimate of drug-likeness (QED) is 0.173. The molecule has 1 N–H and O–H groups in total. The topological polar surface area (TPSA) is 135 Å². The number of carbonyl (C=O) groups is 3. The third-order valence-corrected chi connectivity index (χ3v) is 6.86. The van der Waals surface area contributed by atoms with E-state index in [1.165, 1.54) is 24.3 Å². The summed E-state index contributed by atoms with van der Waals surface area (Å²) in [5.41, 5.74) is 2.30. The van der Waals surface area contributed by atoms with Gasteiger partial charge in [-0.3, -0.25) is 19.7 Å². The first kappa shape index (κ1) is 28.1.